The maximum absolute atomic E-state index is 6.13. The first-order valence-corrected chi connectivity index (χ1v) is 6.76. The molecule has 1 aromatic rings. The summed E-state index contributed by atoms with van der Waals surface area (Å²) in [4.78, 5) is 10.6. The summed E-state index contributed by atoms with van der Waals surface area (Å²) in [6.45, 7) is 4.11. The molecule has 6 heteroatoms. The van der Waals surface area contributed by atoms with Gasteiger partial charge in [0.15, 0.2) is 5.82 Å². The molecular weight excluding hydrogens is 244 g/mol. The average Bonchev–Trinajstić information content (AvgIpc) is 3.24. The van der Waals surface area contributed by atoms with E-state index in [0.29, 0.717) is 30.8 Å². The maximum atomic E-state index is 6.13. The minimum absolute atomic E-state index is 0.481. The molecule has 0 radical (unpaired) electrons. The summed E-state index contributed by atoms with van der Waals surface area (Å²) in [6, 6.07) is 0.520. The molecule has 0 aliphatic heterocycles. The number of ether oxygens (including phenoxy) is 2. The number of hydrogen-bond donors (Lipinski definition) is 1. The molecular formula is C13H22N4O2. The highest BCUT2D eigenvalue weighted by molar-refractivity contribution is 5.68. The van der Waals surface area contributed by atoms with E-state index in [2.05, 4.69) is 14.9 Å². The third-order valence-corrected chi connectivity index (χ3v) is 3.07. The van der Waals surface area contributed by atoms with Gasteiger partial charge in [0.25, 0.3) is 0 Å². The van der Waals surface area contributed by atoms with E-state index in [-0.39, 0.29) is 0 Å². The number of hydrogen-bond acceptors (Lipinski definition) is 6. The number of nitrogens with zero attached hydrogens (tertiary/aromatic N) is 3. The van der Waals surface area contributed by atoms with E-state index in [9.17, 15) is 0 Å². The number of nitrogen functional groups attached to an aromatic ring is 1. The standard InChI is InChI=1S/C13H22N4O2/c1-3-7-19-13-11(14)12(15-9-16-13)17(6-8-18-2)10-4-5-10/h9-10H,3-8,14H2,1-2H3. The monoisotopic (exact) mass is 266 g/mol. The minimum atomic E-state index is 0.481. The maximum Gasteiger partial charge on any atom is 0.242 e. The van der Waals surface area contributed by atoms with Crippen molar-refractivity contribution in [1.29, 1.82) is 0 Å². The lowest BCUT2D eigenvalue weighted by Crippen LogP contribution is -2.31. The lowest BCUT2D eigenvalue weighted by Gasteiger charge is -2.24. The van der Waals surface area contributed by atoms with Crippen LogP contribution in [0.25, 0.3) is 0 Å². The first kappa shape index (κ1) is 13.9. The molecule has 0 atom stereocenters. The molecule has 1 aliphatic carbocycles. The van der Waals surface area contributed by atoms with Gasteiger partial charge >= 0.3 is 0 Å². The Kier molecular flexibility index (Phi) is 4.79. The summed E-state index contributed by atoms with van der Waals surface area (Å²) in [5.74, 6) is 1.25. The molecule has 1 fully saturated rings. The quantitative estimate of drug-likeness (QED) is 0.768. The number of aromatic nitrogens is 2. The Hall–Kier alpha value is -1.56. The normalized spacial score (nSPS) is 14.4. The van der Waals surface area contributed by atoms with Crippen molar-refractivity contribution in [3.05, 3.63) is 6.33 Å². The Morgan fingerprint density at radius 1 is 1.37 bits per heavy atom. The summed E-state index contributed by atoms with van der Waals surface area (Å²) in [7, 11) is 1.70. The first-order valence-electron chi connectivity index (χ1n) is 6.76. The van der Waals surface area contributed by atoms with Crippen LogP contribution in [0, 0.1) is 0 Å². The Balaban J connectivity index is 2.16. The average molecular weight is 266 g/mol. The van der Waals surface area contributed by atoms with Gasteiger partial charge in [-0.25, -0.2) is 4.98 Å². The molecule has 1 aliphatic rings. The lowest BCUT2D eigenvalue weighted by molar-refractivity contribution is 0.204. The van der Waals surface area contributed by atoms with Crippen LogP contribution < -0.4 is 15.4 Å². The zero-order valence-corrected chi connectivity index (χ0v) is 11.6. The van der Waals surface area contributed by atoms with Crippen molar-refractivity contribution in [3.63, 3.8) is 0 Å². The van der Waals surface area contributed by atoms with Gasteiger partial charge in [-0.05, 0) is 19.3 Å². The van der Waals surface area contributed by atoms with Crippen molar-refractivity contribution < 1.29 is 9.47 Å². The third kappa shape index (κ3) is 3.47. The van der Waals surface area contributed by atoms with E-state index in [1.807, 2.05) is 6.92 Å². The summed E-state index contributed by atoms with van der Waals surface area (Å²) < 4.78 is 10.7. The smallest absolute Gasteiger partial charge is 0.242 e. The van der Waals surface area contributed by atoms with Gasteiger partial charge in [0, 0.05) is 19.7 Å². The highest BCUT2D eigenvalue weighted by Gasteiger charge is 2.31. The summed E-state index contributed by atoms with van der Waals surface area (Å²) in [5, 5.41) is 0. The molecule has 1 saturated carbocycles. The fraction of sp³-hybridized carbons (Fsp3) is 0.692. The topological polar surface area (TPSA) is 73.5 Å². The van der Waals surface area contributed by atoms with Crippen molar-refractivity contribution in [2.45, 2.75) is 32.2 Å². The van der Waals surface area contributed by atoms with Crippen LogP contribution in [0.3, 0.4) is 0 Å². The van der Waals surface area contributed by atoms with Gasteiger partial charge in [-0.1, -0.05) is 6.92 Å². The van der Waals surface area contributed by atoms with Gasteiger partial charge in [0.2, 0.25) is 5.88 Å². The predicted octanol–water partition coefficient (Wildman–Crippen LogP) is 1.46. The summed E-state index contributed by atoms with van der Waals surface area (Å²) in [5.41, 5.74) is 6.66. The number of rotatable bonds is 8. The predicted molar refractivity (Wildman–Crippen MR) is 74.5 cm³/mol. The van der Waals surface area contributed by atoms with Crippen LogP contribution in [0.5, 0.6) is 5.88 Å². The second kappa shape index (κ2) is 6.56. The second-order valence-electron chi connectivity index (χ2n) is 4.68. The van der Waals surface area contributed by atoms with E-state index in [0.717, 1.165) is 18.8 Å². The highest BCUT2D eigenvalue weighted by Crippen LogP contribution is 2.35. The second-order valence-corrected chi connectivity index (χ2v) is 4.68. The minimum Gasteiger partial charge on any atom is -0.476 e. The molecule has 1 aromatic heterocycles. The SMILES string of the molecule is CCCOc1ncnc(N(CCOC)C2CC2)c1N. The molecule has 1 heterocycles. The largest absolute Gasteiger partial charge is 0.476 e. The summed E-state index contributed by atoms with van der Waals surface area (Å²) in [6.07, 6.45) is 4.80. The van der Waals surface area contributed by atoms with E-state index < -0.39 is 0 Å². The van der Waals surface area contributed by atoms with Crippen molar-refractivity contribution in [2.24, 2.45) is 0 Å². The van der Waals surface area contributed by atoms with Gasteiger partial charge in [-0.15, -0.1) is 0 Å². The van der Waals surface area contributed by atoms with Crippen LogP contribution in [-0.2, 0) is 4.74 Å². The van der Waals surface area contributed by atoms with Gasteiger partial charge < -0.3 is 20.1 Å². The van der Waals surface area contributed by atoms with Crippen molar-refractivity contribution in [2.75, 3.05) is 37.5 Å². The van der Waals surface area contributed by atoms with E-state index in [1.54, 1.807) is 7.11 Å². The molecule has 0 spiro atoms. The highest BCUT2D eigenvalue weighted by atomic mass is 16.5. The molecule has 106 valence electrons. The van der Waals surface area contributed by atoms with Crippen molar-refractivity contribution >= 4 is 11.5 Å². The first-order chi connectivity index (χ1) is 9.27. The molecule has 0 bridgehead atoms. The molecule has 6 nitrogen and oxygen atoms in total. The van der Waals surface area contributed by atoms with Crippen LogP contribution in [0.4, 0.5) is 11.5 Å². The van der Waals surface area contributed by atoms with Crippen LogP contribution in [0.2, 0.25) is 0 Å². The number of nitrogens with two attached hydrogens (primary N) is 1. The lowest BCUT2D eigenvalue weighted by atomic mass is 10.3. The Labute approximate surface area is 113 Å². The zero-order chi connectivity index (χ0) is 13.7. The number of anilines is 2. The van der Waals surface area contributed by atoms with Crippen molar-refractivity contribution in [1.82, 2.24) is 9.97 Å². The van der Waals surface area contributed by atoms with Crippen LogP contribution in [0.15, 0.2) is 6.33 Å². The van der Waals surface area contributed by atoms with Crippen LogP contribution >= 0.6 is 0 Å². The fourth-order valence-electron chi connectivity index (χ4n) is 1.95. The fourth-order valence-corrected chi connectivity index (χ4v) is 1.95. The van der Waals surface area contributed by atoms with Gasteiger partial charge in [-0.3, -0.25) is 0 Å². The van der Waals surface area contributed by atoms with Gasteiger partial charge in [0.05, 0.1) is 13.2 Å². The molecule has 2 N–H and O–H groups in total. The van der Waals surface area contributed by atoms with Gasteiger partial charge in [0.1, 0.15) is 12.0 Å². The summed E-state index contributed by atoms with van der Waals surface area (Å²) >= 11 is 0. The van der Waals surface area contributed by atoms with E-state index >= 15 is 0 Å². The van der Waals surface area contributed by atoms with Crippen LogP contribution in [0.1, 0.15) is 26.2 Å². The van der Waals surface area contributed by atoms with Crippen molar-refractivity contribution in [3.8, 4) is 5.88 Å². The number of methoxy groups -OCH3 is 1. The Bertz CT molecular complexity index is 410. The third-order valence-electron chi connectivity index (χ3n) is 3.07. The molecule has 0 amide bonds. The molecule has 0 unspecified atom stereocenters. The molecule has 19 heavy (non-hydrogen) atoms. The Morgan fingerprint density at radius 3 is 2.79 bits per heavy atom. The van der Waals surface area contributed by atoms with Crippen LogP contribution in [-0.4, -0.2) is 42.9 Å². The van der Waals surface area contributed by atoms with Gasteiger partial charge in [-0.2, -0.15) is 4.98 Å². The zero-order valence-electron chi connectivity index (χ0n) is 11.6. The Morgan fingerprint density at radius 2 is 2.16 bits per heavy atom. The van der Waals surface area contributed by atoms with E-state index in [4.69, 9.17) is 15.2 Å². The molecule has 0 aromatic carbocycles. The molecule has 0 saturated heterocycles. The molecule has 2 rings (SSSR count). The van der Waals surface area contributed by atoms with E-state index in [1.165, 1.54) is 19.2 Å².